The molecule has 0 aliphatic carbocycles. The Morgan fingerprint density at radius 2 is 1.44 bits per heavy atom. The number of halogens is 1. The van der Waals surface area contributed by atoms with E-state index in [2.05, 4.69) is 16.0 Å². The maximum absolute atomic E-state index is 12.7. The monoisotopic (exact) mass is 448 g/mol. The van der Waals surface area contributed by atoms with Gasteiger partial charge in [-0.2, -0.15) is 0 Å². The van der Waals surface area contributed by atoms with Gasteiger partial charge < -0.3 is 20.9 Å². The first-order chi connectivity index (χ1) is 15.5. The second-order valence-corrected chi connectivity index (χ2v) is 7.83. The lowest BCUT2D eigenvalue weighted by molar-refractivity contribution is -0.122. The van der Waals surface area contributed by atoms with E-state index in [0.717, 1.165) is 0 Å². The molecule has 1 atom stereocenters. The number of anilines is 4. The van der Waals surface area contributed by atoms with E-state index in [1.807, 2.05) is 18.2 Å². The molecule has 4 rings (SSSR count). The molecular weight excluding hydrogens is 428 g/mol. The molecule has 3 aromatic carbocycles. The van der Waals surface area contributed by atoms with Crippen LogP contribution >= 0.6 is 11.6 Å². The van der Waals surface area contributed by atoms with E-state index in [9.17, 15) is 14.4 Å². The molecule has 0 saturated carbocycles. The summed E-state index contributed by atoms with van der Waals surface area (Å²) >= 11 is 6.01. The van der Waals surface area contributed by atoms with Crippen LogP contribution in [0.25, 0.3) is 0 Å². The van der Waals surface area contributed by atoms with Gasteiger partial charge >= 0.3 is 6.03 Å². The highest BCUT2D eigenvalue weighted by molar-refractivity contribution is 6.31. The zero-order valence-corrected chi connectivity index (χ0v) is 17.8. The number of hydrogen-bond acceptors (Lipinski definition) is 3. The van der Waals surface area contributed by atoms with Crippen LogP contribution in [0.5, 0.6) is 0 Å². The predicted molar refractivity (Wildman–Crippen MR) is 126 cm³/mol. The fourth-order valence-electron chi connectivity index (χ4n) is 3.47. The van der Waals surface area contributed by atoms with E-state index < -0.39 is 5.92 Å². The highest BCUT2D eigenvalue weighted by atomic mass is 35.5. The zero-order chi connectivity index (χ0) is 22.5. The van der Waals surface area contributed by atoms with Crippen molar-refractivity contribution in [2.24, 2.45) is 5.92 Å². The van der Waals surface area contributed by atoms with E-state index in [1.165, 1.54) is 0 Å². The molecule has 32 heavy (non-hydrogen) atoms. The molecule has 3 aromatic rings. The predicted octanol–water partition coefficient (Wildman–Crippen LogP) is 4.98. The minimum absolute atomic E-state index is 0.114. The van der Waals surface area contributed by atoms with E-state index >= 15 is 0 Å². The number of para-hydroxylation sites is 1. The van der Waals surface area contributed by atoms with Crippen LogP contribution in [-0.2, 0) is 9.59 Å². The molecule has 1 heterocycles. The lowest BCUT2D eigenvalue weighted by Crippen LogP contribution is -2.28. The molecule has 0 aromatic heterocycles. The van der Waals surface area contributed by atoms with Crippen LogP contribution in [0.3, 0.4) is 0 Å². The van der Waals surface area contributed by atoms with Crippen molar-refractivity contribution in [1.29, 1.82) is 0 Å². The number of urea groups is 1. The molecule has 3 N–H and O–H groups in total. The molecule has 1 aliphatic heterocycles. The second-order valence-electron chi connectivity index (χ2n) is 7.40. The standard InChI is InChI=1S/C24H21ClN4O3/c25-17-5-4-8-21(14-17)29-15-16(13-22(29)30)23(31)26-19-9-11-20(12-10-19)28-24(32)27-18-6-2-1-3-7-18/h1-12,14,16H,13,15H2,(H,26,31)(H2,27,28,32). The van der Waals surface area contributed by atoms with Gasteiger partial charge in [0.25, 0.3) is 0 Å². The van der Waals surface area contributed by atoms with E-state index in [0.29, 0.717) is 34.3 Å². The van der Waals surface area contributed by atoms with Gasteiger partial charge in [0, 0.05) is 40.7 Å². The maximum Gasteiger partial charge on any atom is 0.323 e. The summed E-state index contributed by atoms with van der Waals surface area (Å²) in [5.74, 6) is -0.808. The summed E-state index contributed by atoms with van der Waals surface area (Å²) in [5.41, 5.74) is 2.53. The highest BCUT2D eigenvalue weighted by Crippen LogP contribution is 2.28. The molecule has 1 fully saturated rings. The first-order valence-electron chi connectivity index (χ1n) is 10.1. The third kappa shape index (κ3) is 5.25. The number of benzene rings is 3. The molecule has 0 spiro atoms. The first-order valence-corrected chi connectivity index (χ1v) is 10.5. The van der Waals surface area contributed by atoms with Gasteiger partial charge in [-0.05, 0) is 54.6 Å². The van der Waals surface area contributed by atoms with Crippen molar-refractivity contribution >= 4 is 52.2 Å². The number of amides is 4. The van der Waals surface area contributed by atoms with Crippen LogP contribution in [0.2, 0.25) is 5.02 Å². The second kappa shape index (κ2) is 9.53. The Bertz CT molecular complexity index is 1140. The average Bonchev–Trinajstić information content (AvgIpc) is 3.17. The SMILES string of the molecule is O=C(Nc1ccccc1)Nc1ccc(NC(=O)C2CC(=O)N(c3cccc(Cl)c3)C2)cc1. The average molecular weight is 449 g/mol. The van der Waals surface area contributed by atoms with E-state index in [4.69, 9.17) is 11.6 Å². The van der Waals surface area contributed by atoms with Gasteiger partial charge in [-0.3, -0.25) is 9.59 Å². The van der Waals surface area contributed by atoms with Gasteiger partial charge in [-0.25, -0.2) is 4.79 Å². The minimum Gasteiger partial charge on any atom is -0.326 e. The smallest absolute Gasteiger partial charge is 0.323 e. The van der Waals surface area contributed by atoms with Crippen LogP contribution in [-0.4, -0.2) is 24.4 Å². The Morgan fingerprint density at radius 1 is 0.812 bits per heavy atom. The Labute approximate surface area is 190 Å². The third-order valence-electron chi connectivity index (χ3n) is 5.06. The summed E-state index contributed by atoms with van der Waals surface area (Å²) < 4.78 is 0. The molecule has 0 radical (unpaired) electrons. The van der Waals surface area contributed by atoms with E-state index in [1.54, 1.807) is 65.6 Å². The lowest BCUT2D eigenvalue weighted by atomic mass is 10.1. The van der Waals surface area contributed by atoms with Gasteiger partial charge in [0.2, 0.25) is 11.8 Å². The Morgan fingerprint density at radius 3 is 2.09 bits per heavy atom. The summed E-state index contributed by atoms with van der Waals surface area (Å²) in [6.45, 7) is 0.296. The van der Waals surface area contributed by atoms with Gasteiger partial charge in [0.1, 0.15) is 0 Å². The molecule has 1 aliphatic rings. The number of carbonyl (C=O) groups excluding carboxylic acids is 3. The van der Waals surface area contributed by atoms with Crippen LogP contribution < -0.4 is 20.9 Å². The number of carbonyl (C=O) groups is 3. The van der Waals surface area contributed by atoms with Crippen LogP contribution in [0, 0.1) is 5.92 Å². The number of nitrogens with one attached hydrogen (secondary N) is 3. The fraction of sp³-hybridized carbons (Fsp3) is 0.125. The first kappa shape index (κ1) is 21.4. The van der Waals surface area contributed by atoms with Gasteiger partial charge in [-0.1, -0.05) is 35.9 Å². The normalized spacial score (nSPS) is 15.3. The Hall–Kier alpha value is -3.84. The summed E-state index contributed by atoms with van der Waals surface area (Å²) in [6.07, 6.45) is 0.137. The van der Waals surface area contributed by atoms with Crippen molar-refractivity contribution in [3.8, 4) is 0 Å². The number of nitrogens with zero attached hydrogens (tertiary/aromatic N) is 1. The maximum atomic E-state index is 12.7. The van der Waals surface area contributed by atoms with Crippen molar-refractivity contribution in [2.75, 3.05) is 27.4 Å². The summed E-state index contributed by atoms with van der Waals surface area (Å²) in [5, 5.41) is 8.84. The topological polar surface area (TPSA) is 90.5 Å². The molecule has 1 saturated heterocycles. The summed E-state index contributed by atoms with van der Waals surface area (Å²) in [7, 11) is 0. The Balaban J connectivity index is 1.32. The number of rotatable bonds is 5. The molecule has 8 heteroatoms. The van der Waals surface area contributed by atoms with Crippen molar-refractivity contribution in [3.63, 3.8) is 0 Å². The van der Waals surface area contributed by atoms with Gasteiger partial charge in [0.15, 0.2) is 0 Å². The van der Waals surface area contributed by atoms with Crippen LogP contribution in [0.15, 0.2) is 78.9 Å². The molecule has 7 nitrogen and oxygen atoms in total. The number of hydrogen-bond donors (Lipinski definition) is 3. The van der Waals surface area contributed by atoms with Crippen molar-refractivity contribution in [1.82, 2.24) is 0 Å². The van der Waals surface area contributed by atoms with Crippen LogP contribution in [0.4, 0.5) is 27.5 Å². The summed E-state index contributed by atoms with van der Waals surface area (Å²) in [6, 6.07) is 22.5. The quantitative estimate of drug-likeness (QED) is 0.514. The molecular formula is C24H21ClN4O3. The zero-order valence-electron chi connectivity index (χ0n) is 17.0. The van der Waals surface area contributed by atoms with Gasteiger partial charge in [-0.15, -0.1) is 0 Å². The van der Waals surface area contributed by atoms with Gasteiger partial charge in [0.05, 0.1) is 5.92 Å². The third-order valence-corrected chi connectivity index (χ3v) is 5.29. The molecule has 4 amide bonds. The highest BCUT2D eigenvalue weighted by Gasteiger charge is 2.35. The minimum atomic E-state index is -0.462. The largest absolute Gasteiger partial charge is 0.326 e. The molecule has 162 valence electrons. The summed E-state index contributed by atoms with van der Waals surface area (Å²) in [4.78, 5) is 38.7. The van der Waals surface area contributed by atoms with Crippen LogP contribution in [0.1, 0.15) is 6.42 Å². The van der Waals surface area contributed by atoms with Crippen molar-refractivity contribution < 1.29 is 14.4 Å². The molecule has 0 bridgehead atoms. The lowest BCUT2D eigenvalue weighted by Gasteiger charge is -2.17. The van der Waals surface area contributed by atoms with Crippen molar-refractivity contribution in [2.45, 2.75) is 6.42 Å². The fourth-order valence-corrected chi connectivity index (χ4v) is 3.66. The Kier molecular flexibility index (Phi) is 6.37. The van der Waals surface area contributed by atoms with Crippen molar-refractivity contribution in [3.05, 3.63) is 83.9 Å². The molecule has 1 unspecified atom stereocenters. The van der Waals surface area contributed by atoms with E-state index in [-0.39, 0.29) is 24.3 Å².